The number of likely N-dealkylation sites (tertiary alicyclic amines) is 1. The van der Waals surface area contributed by atoms with Gasteiger partial charge in [0.2, 0.25) is 5.91 Å². The van der Waals surface area contributed by atoms with Crippen molar-refractivity contribution >= 4 is 17.7 Å². The normalized spacial score (nSPS) is 25.5. The molecule has 0 aromatic rings. The van der Waals surface area contributed by atoms with Crippen molar-refractivity contribution in [1.29, 1.82) is 0 Å². The van der Waals surface area contributed by atoms with Gasteiger partial charge in [0.15, 0.2) is 0 Å². The van der Waals surface area contributed by atoms with Crippen LogP contribution in [0.5, 0.6) is 0 Å². The number of hydrogen-bond acceptors (Lipinski definition) is 4. The van der Waals surface area contributed by atoms with Gasteiger partial charge in [-0.15, -0.1) is 0 Å². The molecule has 0 aromatic heterocycles. The highest BCUT2D eigenvalue weighted by atomic mass is 32.2. The Labute approximate surface area is 120 Å². The molecule has 0 N–H and O–H groups in total. The third kappa shape index (κ3) is 4.65. The minimum atomic E-state index is 0.175. The van der Waals surface area contributed by atoms with Gasteiger partial charge in [-0.3, -0.25) is 4.79 Å². The number of nitrogens with zero attached hydrogens (tertiary/aromatic N) is 2. The molecule has 0 radical (unpaired) electrons. The molecular weight excluding hydrogens is 260 g/mol. The zero-order valence-electron chi connectivity index (χ0n) is 12.0. The lowest BCUT2D eigenvalue weighted by Gasteiger charge is -2.32. The largest absolute Gasteiger partial charge is 0.372 e. The highest BCUT2D eigenvalue weighted by Crippen LogP contribution is 2.19. The predicted octanol–water partition coefficient (Wildman–Crippen LogP) is 1.45. The van der Waals surface area contributed by atoms with Crippen LogP contribution in [0, 0.1) is 0 Å². The molecule has 1 unspecified atom stereocenters. The maximum Gasteiger partial charge on any atom is 0.248 e. The van der Waals surface area contributed by atoms with Crippen LogP contribution in [0.1, 0.15) is 26.2 Å². The molecular formula is C14H26N2O2S. The standard InChI is InChI=1S/C14H26N2O2S/c1-2-18-11-14(17)16-8-5-9-19-12-13(16)10-15-6-3-4-7-15/h13H,2-12H2,1H3. The molecule has 2 aliphatic rings. The van der Waals surface area contributed by atoms with Gasteiger partial charge in [0.1, 0.15) is 6.61 Å². The molecule has 2 saturated heterocycles. The molecule has 2 aliphatic heterocycles. The molecule has 0 spiro atoms. The second kappa shape index (κ2) is 8.12. The first-order valence-corrected chi connectivity index (χ1v) is 8.64. The first-order valence-electron chi connectivity index (χ1n) is 7.48. The maximum absolute atomic E-state index is 12.3. The van der Waals surface area contributed by atoms with Crippen LogP contribution < -0.4 is 0 Å². The summed E-state index contributed by atoms with van der Waals surface area (Å²) >= 11 is 1.99. The molecule has 5 heteroatoms. The van der Waals surface area contributed by atoms with Gasteiger partial charge in [0, 0.05) is 25.4 Å². The Morgan fingerprint density at radius 1 is 1.26 bits per heavy atom. The van der Waals surface area contributed by atoms with Gasteiger partial charge in [-0.1, -0.05) is 0 Å². The van der Waals surface area contributed by atoms with Crippen molar-refractivity contribution < 1.29 is 9.53 Å². The van der Waals surface area contributed by atoms with Crippen LogP contribution in [0.2, 0.25) is 0 Å². The second-order valence-corrected chi connectivity index (χ2v) is 6.46. The van der Waals surface area contributed by atoms with E-state index < -0.39 is 0 Å². The van der Waals surface area contributed by atoms with Crippen molar-refractivity contribution in [1.82, 2.24) is 9.80 Å². The number of carbonyl (C=O) groups is 1. The van der Waals surface area contributed by atoms with Crippen LogP contribution in [-0.4, -0.2) is 72.6 Å². The van der Waals surface area contributed by atoms with Gasteiger partial charge < -0.3 is 14.5 Å². The van der Waals surface area contributed by atoms with Crippen LogP contribution >= 0.6 is 11.8 Å². The Morgan fingerprint density at radius 2 is 2.05 bits per heavy atom. The van der Waals surface area contributed by atoms with E-state index in [9.17, 15) is 4.79 Å². The third-order valence-electron chi connectivity index (χ3n) is 3.86. The average molecular weight is 286 g/mol. The SMILES string of the molecule is CCOCC(=O)N1CCCSCC1CN1CCCC1. The van der Waals surface area contributed by atoms with E-state index in [2.05, 4.69) is 9.80 Å². The minimum Gasteiger partial charge on any atom is -0.372 e. The summed E-state index contributed by atoms with van der Waals surface area (Å²) in [6.07, 6.45) is 3.73. The van der Waals surface area contributed by atoms with E-state index in [0.29, 0.717) is 12.6 Å². The van der Waals surface area contributed by atoms with E-state index in [0.717, 1.165) is 25.3 Å². The maximum atomic E-state index is 12.3. The quantitative estimate of drug-likeness (QED) is 0.766. The lowest BCUT2D eigenvalue weighted by atomic mass is 10.2. The lowest BCUT2D eigenvalue weighted by molar-refractivity contribution is -0.138. The van der Waals surface area contributed by atoms with Crippen LogP contribution in [0.15, 0.2) is 0 Å². The molecule has 2 rings (SSSR count). The first-order chi connectivity index (χ1) is 9.31. The lowest BCUT2D eigenvalue weighted by Crippen LogP contribution is -2.48. The van der Waals surface area contributed by atoms with Crippen LogP contribution in [0.4, 0.5) is 0 Å². The van der Waals surface area contributed by atoms with Crippen molar-refractivity contribution in [2.45, 2.75) is 32.2 Å². The number of hydrogen-bond donors (Lipinski definition) is 0. The van der Waals surface area contributed by atoms with Crippen molar-refractivity contribution in [3.8, 4) is 0 Å². The Hall–Kier alpha value is -0.260. The van der Waals surface area contributed by atoms with E-state index in [-0.39, 0.29) is 12.5 Å². The summed E-state index contributed by atoms with van der Waals surface area (Å²) in [5.41, 5.74) is 0. The predicted molar refractivity (Wildman–Crippen MR) is 79.6 cm³/mol. The summed E-state index contributed by atoms with van der Waals surface area (Å²) in [6, 6.07) is 0.374. The van der Waals surface area contributed by atoms with E-state index in [4.69, 9.17) is 4.74 Å². The fourth-order valence-corrected chi connectivity index (χ4v) is 3.90. The Morgan fingerprint density at radius 3 is 2.79 bits per heavy atom. The molecule has 110 valence electrons. The monoisotopic (exact) mass is 286 g/mol. The van der Waals surface area contributed by atoms with Gasteiger partial charge in [-0.25, -0.2) is 0 Å². The van der Waals surface area contributed by atoms with E-state index in [1.165, 1.54) is 31.7 Å². The zero-order valence-corrected chi connectivity index (χ0v) is 12.8. The molecule has 4 nitrogen and oxygen atoms in total. The molecule has 1 atom stereocenters. The molecule has 0 bridgehead atoms. The molecule has 0 saturated carbocycles. The topological polar surface area (TPSA) is 32.8 Å². The van der Waals surface area contributed by atoms with Crippen molar-refractivity contribution in [3.63, 3.8) is 0 Å². The number of carbonyl (C=O) groups excluding carboxylic acids is 1. The summed E-state index contributed by atoms with van der Waals surface area (Å²) in [6.45, 7) is 7.15. The van der Waals surface area contributed by atoms with Crippen LogP contribution in [0.3, 0.4) is 0 Å². The second-order valence-electron chi connectivity index (χ2n) is 5.31. The molecule has 2 heterocycles. The third-order valence-corrected chi connectivity index (χ3v) is 5.05. The number of amides is 1. The minimum absolute atomic E-state index is 0.175. The fourth-order valence-electron chi connectivity index (χ4n) is 2.84. The Bertz CT molecular complexity index is 283. The Kier molecular flexibility index (Phi) is 6.47. The van der Waals surface area contributed by atoms with E-state index in [1.807, 2.05) is 18.7 Å². The fraction of sp³-hybridized carbons (Fsp3) is 0.929. The van der Waals surface area contributed by atoms with Crippen molar-refractivity contribution in [3.05, 3.63) is 0 Å². The molecule has 0 aromatic carbocycles. The highest BCUT2D eigenvalue weighted by Gasteiger charge is 2.28. The van der Waals surface area contributed by atoms with Gasteiger partial charge >= 0.3 is 0 Å². The number of rotatable bonds is 5. The Balaban J connectivity index is 1.91. The number of thioether (sulfide) groups is 1. The molecule has 2 fully saturated rings. The summed E-state index contributed by atoms with van der Waals surface area (Å²) in [5, 5.41) is 0. The van der Waals surface area contributed by atoms with E-state index in [1.54, 1.807) is 0 Å². The van der Waals surface area contributed by atoms with Crippen LogP contribution in [-0.2, 0) is 9.53 Å². The van der Waals surface area contributed by atoms with Gasteiger partial charge in [-0.05, 0) is 45.0 Å². The summed E-state index contributed by atoms with van der Waals surface area (Å²) in [5.74, 6) is 2.43. The average Bonchev–Trinajstić information content (AvgIpc) is 2.81. The van der Waals surface area contributed by atoms with Crippen molar-refractivity contribution in [2.75, 3.05) is 50.9 Å². The zero-order chi connectivity index (χ0) is 13.5. The molecule has 19 heavy (non-hydrogen) atoms. The van der Waals surface area contributed by atoms with Crippen molar-refractivity contribution in [2.24, 2.45) is 0 Å². The molecule has 1 amide bonds. The first kappa shape index (κ1) is 15.1. The van der Waals surface area contributed by atoms with Gasteiger partial charge in [0.25, 0.3) is 0 Å². The van der Waals surface area contributed by atoms with E-state index >= 15 is 0 Å². The summed E-state index contributed by atoms with van der Waals surface area (Å²) in [7, 11) is 0. The van der Waals surface area contributed by atoms with Crippen LogP contribution in [0.25, 0.3) is 0 Å². The molecule has 0 aliphatic carbocycles. The smallest absolute Gasteiger partial charge is 0.248 e. The van der Waals surface area contributed by atoms with Gasteiger partial charge in [0.05, 0.1) is 6.04 Å². The summed E-state index contributed by atoms with van der Waals surface area (Å²) < 4.78 is 5.30. The van der Waals surface area contributed by atoms with Gasteiger partial charge in [-0.2, -0.15) is 11.8 Å². The highest BCUT2D eigenvalue weighted by molar-refractivity contribution is 7.99. The number of ether oxygens (including phenoxy) is 1. The summed E-state index contributed by atoms with van der Waals surface area (Å²) in [4.78, 5) is 16.9.